The third kappa shape index (κ3) is 2.21. The first-order valence-electron chi connectivity index (χ1n) is 5.91. The van der Waals surface area contributed by atoms with Crippen LogP contribution in [0.25, 0.3) is 0 Å². The molecule has 1 aromatic rings. The first-order valence-corrected chi connectivity index (χ1v) is 6.29. The molecule has 6 heteroatoms. The highest BCUT2D eigenvalue weighted by Crippen LogP contribution is 2.29. The molecule has 0 saturated heterocycles. The van der Waals surface area contributed by atoms with Crippen molar-refractivity contribution in [1.82, 2.24) is 5.32 Å². The van der Waals surface area contributed by atoms with Gasteiger partial charge >= 0.3 is 0 Å². The summed E-state index contributed by atoms with van der Waals surface area (Å²) in [4.78, 5) is 18.1. The molecule has 1 N–H and O–H groups in total. The Bertz CT molecular complexity index is 612. The highest BCUT2D eigenvalue weighted by atomic mass is 35.5. The molecule has 0 radical (unpaired) electrons. The van der Waals surface area contributed by atoms with Crippen LogP contribution in [0.4, 0.5) is 10.1 Å². The van der Waals surface area contributed by atoms with Crippen LogP contribution in [0.2, 0.25) is 0 Å². The average molecular weight is 280 g/mol. The fourth-order valence-electron chi connectivity index (χ4n) is 2.27. The van der Waals surface area contributed by atoms with Crippen LogP contribution in [-0.2, 0) is 11.2 Å². The van der Waals surface area contributed by atoms with Gasteiger partial charge < -0.3 is 10.2 Å². The molecule has 4 nitrogen and oxygen atoms in total. The van der Waals surface area contributed by atoms with Crippen LogP contribution >= 0.6 is 11.6 Å². The van der Waals surface area contributed by atoms with Gasteiger partial charge in [-0.3, -0.25) is 9.79 Å². The van der Waals surface area contributed by atoms with E-state index in [0.717, 1.165) is 11.3 Å². The standard InChI is InChI=1S/C13H11ClFN3O/c14-12-6-10(16-7-17-12)13(19)18-4-3-8-5-9(15)1-2-11(8)18/h1-2,5-6,17H,3-4,7H2. The zero-order valence-electron chi connectivity index (χ0n) is 9.99. The molecule has 2 aliphatic heterocycles. The van der Waals surface area contributed by atoms with Gasteiger partial charge in [0.1, 0.15) is 23.4 Å². The molecule has 0 atom stereocenters. The zero-order chi connectivity index (χ0) is 13.4. The van der Waals surface area contributed by atoms with Crippen molar-refractivity contribution in [1.29, 1.82) is 0 Å². The molecule has 0 saturated carbocycles. The van der Waals surface area contributed by atoms with Gasteiger partial charge in [0.15, 0.2) is 0 Å². The number of rotatable bonds is 1. The number of carbonyl (C=O) groups is 1. The molecule has 19 heavy (non-hydrogen) atoms. The van der Waals surface area contributed by atoms with E-state index in [-0.39, 0.29) is 11.7 Å². The first kappa shape index (κ1) is 12.2. The van der Waals surface area contributed by atoms with Crippen molar-refractivity contribution in [2.45, 2.75) is 6.42 Å². The highest BCUT2D eigenvalue weighted by Gasteiger charge is 2.28. The summed E-state index contributed by atoms with van der Waals surface area (Å²) in [5.74, 6) is -0.486. The van der Waals surface area contributed by atoms with E-state index in [1.54, 1.807) is 11.0 Å². The number of nitrogens with zero attached hydrogens (tertiary/aromatic N) is 2. The lowest BCUT2D eigenvalue weighted by Crippen LogP contribution is -2.36. The molecule has 0 aliphatic carbocycles. The van der Waals surface area contributed by atoms with Gasteiger partial charge in [-0.05, 0) is 30.2 Å². The number of fused-ring (bicyclic) bond motifs is 1. The Balaban J connectivity index is 1.90. The second-order valence-electron chi connectivity index (χ2n) is 4.35. The number of carbonyl (C=O) groups excluding carboxylic acids is 1. The minimum Gasteiger partial charge on any atom is -0.357 e. The number of halogens is 2. The number of amides is 1. The van der Waals surface area contributed by atoms with Crippen molar-refractivity contribution < 1.29 is 9.18 Å². The van der Waals surface area contributed by atoms with Crippen LogP contribution in [-0.4, -0.2) is 24.8 Å². The van der Waals surface area contributed by atoms with E-state index in [9.17, 15) is 9.18 Å². The zero-order valence-corrected chi connectivity index (χ0v) is 10.7. The van der Waals surface area contributed by atoms with Crippen LogP contribution in [0.1, 0.15) is 5.56 Å². The summed E-state index contributed by atoms with van der Waals surface area (Å²) in [6.07, 6.45) is 2.16. The molecule has 0 fully saturated rings. The summed E-state index contributed by atoms with van der Waals surface area (Å²) in [6, 6.07) is 4.45. The highest BCUT2D eigenvalue weighted by molar-refractivity contribution is 6.49. The third-order valence-corrected chi connectivity index (χ3v) is 3.40. The number of benzene rings is 1. The van der Waals surface area contributed by atoms with E-state index in [4.69, 9.17) is 11.6 Å². The number of aliphatic imine (C=N–C) groups is 1. The van der Waals surface area contributed by atoms with Gasteiger partial charge in [-0.25, -0.2) is 4.39 Å². The van der Waals surface area contributed by atoms with Gasteiger partial charge in [0.2, 0.25) is 0 Å². The molecule has 2 heterocycles. The fraction of sp³-hybridized carbons (Fsp3) is 0.231. The Hall–Kier alpha value is -1.88. The van der Waals surface area contributed by atoms with Crippen molar-refractivity contribution >= 4 is 28.9 Å². The summed E-state index contributed by atoms with van der Waals surface area (Å²) in [7, 11) is 0. The quantitative estimate of drug-likeness (QED) is 0.797. The minimum absolute atomic E-state index is 0.204. The molecule has 1 amide bonds. The van der Waals surface area contributed by atoms with E-state index in [1.165, 1.54) is 18.2 Å². The van der Waals surface area contributed by atoms with Crippen molar-refractivity contribution in [2.75, 3.05) is 18.1 Å². The normalized spacial score (nSPS) is 17.5. The van der Waals surface area contributed by atoms with E-state index < -0.39 is 0 Å². The number of anilines is 1. The minimum atomic E-state index is -0.282. The van der Waals surface area contributed by atoms with E-state index in [1.807, 2.05) is 0 Å². The average Bonchev–Trinajstić information content (AvgIpc) is 2.80. The number of nitrogens with one attached hydrogen (secondary N) is 1. The van der Waals surface area contributed by atoms with Crippen molar-refractivity contribution in [2.24, 2.45) is 4.99 Å². The topological polar surface area (TPSA) is 44.7 Å². The summed E-state index contributed by atoms with van der Waals surface area (Å²) in [6.45, 7) is 0.829. The van der Waals surface area contributed by atoms with E-state index in [2.05, 4.69) is 10.3 Å². The Kier molecular flexibility index (Phi) is 2.98. The van der Waals surface area contributed by atoms with Crippen molar-refractivity contribution in [3.8, 4) is 0 Å². The molecule has 0 bridgehead atoms. The fourth-order valence-corrected chi connectivity index (χ4v) is 2.43. The molecular weight excluding hydrogens is 269 g/mol. The van der Waals surface area contributed by atoms with Gasteiger partial charge in [0.05, 0.1) is 0 Å². The number of hydrogen-bond acceptors (Lipinski definition) is 3. The monoisotopic (exact) mass is 279 g/mol. The Morgan fingerprint density at radius 3 is 3.11 bits per heavy atom. The van der Waals surface area contributed by atoms with Gasteiger partial charge in [0.25, 0.3) is 5.91 Å². The van der Waals surface area contributed by atoms with E-state index >= 15 is 0 Å². The lowest BCUT2D eigenvalue weighted by Gasteiger charge is -2.19. The van der Waals surface area contributed by atoms with Crippen molar-refractivity contribution in [3.05, 3.63) is 40.8 Å². The van der Waals surface area contributed by atoms with Crippen LogP contribution < -0.4 is 10.2 Å². The third-order valence-electron chi connectivity index (χ3n) is 3.16. The lowest BCUT2D eigenvalue weighted by molar-refractivity contribution is -0.112. The smallest absolute Gasteiger partial charge is 0.276 e. The van der Waals surface area contributed by atoms with Gasteiger partial charge in [0, 0.05) is 18.3 Å². The van der Waals surface area contributed by atoms with Crippen LogP contribution in [0.5, 0.6) is 0 Å². The molecule has 1 aromatic carbocycles. The second-order valence-corrected chi connectivity index (χ2v) is 4.76. The summed E-state index contributed by atoms with van der Waals surface area (Å²) >= 11 is 5.83. The van der Waals surface area contributed by atoms with Crippen LogP contribution in [0.15, 0.2) is 34.4 Å². The van der Waals surface area contributed by atoms with Crippen LogP contribution in [0.3, 0.4) is 0 Å². The maximum atomic E-state index is 13.1. The maximum absolute atomic E-state index is 13.1. The predicted molar refractivity (Wildman–Crippen MR) is 71.8 cm³/mol. The summed E-state index contributed by atoms with van der Waals surface area (Å²) < 4.78 is 13.1. The molecule has 0 unspecified atom stereocenters. The largest absolute Gasteiger partial charge is 0.357 e. The molecule has 3 rings (SSSR count). The van der Waals surface area contributed by atoms with E-state index in [0.29, 0.717) is 30.5 Å². The maximum Gasteiger partial charge on any atom is 0.276 e. The Labute approximate surface area is 114 Å². The molecular formula is C13H11ClFN3O. The van der Waals surface area contributed by atoms with Gasteiger partial charge in [-0.2, -0.15) is 0 Å². The summed E-state index contributed by atoms with van der Waals surface area (Å²) in [5.41, 5.74) is 1.91. The first-order chi connectivity index (χ1) is 9.15. The molecule has 0 spiro atoms. The van der Waals surface area contributed by atoms with Gasteiger partial charge in [-0.15, -0.1) is 0 Å². The van der Waals surface area contributed by atoms with Gasteiger partial charge in [-0.1, -0.05) is 11.6 Å². The Morgan fingerprint density at radius 1 is 1.47 bits per heavy atom. The predicted octanol–water partition coefficient (Wildman–Crippen LogP) is 1.80. The lowest BCUT2D eigenvalue weighted by atomic mass is 10.1. The molecule has 0 aromatic heterocycles. The molecule has 98 valence electrons. The summed E-state index contributed by atoms with van der Waals surface area (Å²) in [5, 5.41) is 3.20. The van der Waals surface area contributed by atoms with Crippen molar-refractivity contribution in [3.63, 3.8) is 0 Å². The number of hydrogen-bond donors (Lipinski definition) is 1. The van der Waals surface area contributed by atoms with Crippen LogP contribution in [0, 0.1) is 5.82 Å². The Morgan fingerprint density at radius 2 is 2.32 bits per heavy atom. The molecule has 2 aliphatic rings. The SMILES string of the molecule is O=C(C1=NCNC(Cl)=C1)N1CCc2cc(F)ccc21. The second kappa shape index (κ2) is 4.66.